The van der Waals surface area contributed by atoms with Crippen LogP contribution in [0.25, 0.3) is 0 Å². The average Bonchev–Trinajstić information content (AvgIpc) is 2.87. The van der Waals surface area contributed by atoms with Gasteiger partial charge in [-0.05, 0) is 24.9 Å². The lowest BCUT2D eigenvalue weighted by Gasteiger charge is -2.17. The summed E-state index contributed by atoms with van der Waals surface area (Å²) in [5.41, 5.74) is 11.6. The number of carbonyl (C=O) groups is 1. The first-order valence-electron chi connectivity index (χ1n) is 6.06. The number of anilines is 1. The van der Waals surface area contributed by atoms with Crippen LogP contribution in [0, 0.1) is 16.0 Å². The summed E-state index contributed by atoms with van der Waals surface area (Å²) in [6, 6.07) is 3.91. The minimum absolute atomic E-state index is 0. The number of rotatable bonds is 3. The molecule has 1 aliphatic rings. The van der Waals surface area contributed by atoms with Gasteiger partial charge in [0.2, 0.25) is 0 Å². The van der Waals surface area contributed by atoms with Crippen LogP contribution in [0.3, 0.4) is 0 Å². The Hall–Kier alpha value is -1.86. The van der Waals surface area contributed by atoms with Gasteiger partial charge in [-0.1, -0.05) is 0 Å². The van der Waals surface area contributed by atoms with Crippen molar-refractivity contribution in [2.24, 2.45) is 11.7 Å². The second-order valence-electron chi connectivity index (χ2n) is 4.67. The summed E-state index contributed by atoms with van der Waals surface area (Å²) < 4.78 is 0. The van der Waals surface area contributed by atoms with Crippen molar-refractivity contribution in [1.29, 1.82) is 0 Å². The van der Waals surface area contributed by atoms with E-state index in [1.165, 1.54) is 18.2 Å². The molecule has 1 fully saturated rings. The number of nitrogen functional groups attached to an aromatic ring is 1. The lowest BCUT2D eigenvalue weighted by Crippen LogP contribution is -2.30. The van der Waals surface area contributed by atoms with Gasteiger partial charge in [0.15, 0.2) is 0 Å². The van der Waals surface area contributed by atoms with E-state index in [4.69, 9.17) is 11.5 Å². The van der Waals surface area contributed by atoms with Crippen molar-refractivity contribution in [1.82, 2.24) is 4.90 Å². The Bertz CT molecular complexity index is 523. The number of hydrogen-bond donors (Lipinski definition) is 2. The first-order valence-corrected chi connectivity index (χ1v) is 6.06. The van der Waals surface area contributed by atoms with Crippen LogP contribution >= 0.6 is 12.4 Å². The molecule has 1 heterocycles. The third kappa shape index (κ3) is 3.17. The normalized spacial score (nSPS) is 17.6. The fourth-order valence-electron chi connectivity index (χ4n) is 2.22. The van der Waals surface area contributed by atoms with E-state index in [2.05, 4.69) is 0 Å². The van der Waals surface area contributed by atoms with Crippen LogP contribution in [0.15, 0.2) is 18.2 Å². The minimum atomic E-state index is -0.539. The second-order valence-corrected chi connectivity index (χ2v) is 4.67. The molecule has 110 valence electrons. The number of nitrogens with two attached hydrogens (primary N) is 2. The third-order valence-electron chi connectivity index (χ3n) is 3.38. The van der Waals surface area contributed by atoms with E-state index in [9.17, 15) is 14.9 Å². The molecule has 0 spiro atoms. The minimum Gasteiger partial charge on any atom is -0.398 e. The topological polar surface area (TPSA) is 115 Å². The fraction of sp³-hybridized carbons (Fsp3) is 0.417. The van der Waals surface area contributed by atoms with Gasteiger partial charge in [-0.15, -0.1) is 12.4 Å². The number of likely N-dealkylation sites (tertiary alicyclic amines) is 1. The zero-order chi connectivity index (χ0) is 14.0. The monoisotopic (exact) mass is 300 g/mol. The van der Waals surface area contributed by atoms with E-state index in [-0.39, 0.29) is 35.3 Å². The highest BCUT2D eigenvalue weighted by Crippen LogP contribution is 2.24. The maximum absolute atomic E-state index is 12.3. The number of nitro groups is 1. The van der Waals surface area contributed by atoms with Gasteiger partial charge in [0, 0.05) is 30.9 Å². The number of carbonyl (C=O) groups excluding carboxylic acids is 1. The van der Waals surface area contributed by atoms with Crippen molar-refractivity contribution in [3.8, 4) is 0 Å². The van der Waals surface area contributed by atoms with Crippen molar-refractivity contribution in [2.45, 2.75) is 6.42 Å². The van der Waals surface area contributed by atoms with Crippen molar-refractivity contribution in [3.63, 3.8) is 0 Å². The molecule has 1 aliphatic heterocycles. The molecule has 20 heavy (non-hydrogen) atoms. The molecule has 0 aromatic heterocycles. The fourth-order valence-corrected chi connectivity index (χ4v) is 2.22. The van der Waals surface area contributed by atoms with Crippen LogP contribution in [0.5, 0.6) is 0 Å². The van der Waals surface area contributed by atoms with E-state index in [1.54, 1.807) is 4.90 Å². The Balaban J connectivity index is 0.00000200. The number of amides is 1. The molecule has 2 rings (SSSR count). The number of halogens is 1. The molecule has 1 aromatic carbocycles. The first-order chi connectivity index (χ1) is 9.02. The number of hydrogen-bond acceptors (Lipinski definition) is 5. The third-order valence-corrected chi connectivity index (χ3v) is 3.38. The predicted molar refractivity (Wildman–Crippen MR) is 77.8 cm³/mol. The van der Waals surface area contributed by atoms with Gasteiger partial charge in [0.05, 0.1) is 10.5 Å². The van der Waals surface area contributed by atoms with Crippen molar-refractivity contribution in [2.75, 3.05) is 25.4 Å². The molecule has 1 unspecified atom stereocenters. The van der Waals surface area contributed by atoms with Gasteiger partial charge < -0.3 is 16.4 Å². The van der Waals surface area contributed by atoms with Crippen LogP contribution in [-0.4, -0.2) is 35.4 Å². The van der Waals surface area contributed by atoms with Gasteiger partial charge in [-0.25, -0.2) is 0 Å². The molecule has 0 bridgehead atoms. The van der Waals surface area contributed by atoms with Crippen LogP contribution < -0.4 is 11.5 Å². The summed E-state index contributed by atoms with van der Waals surface area (Å²) in [4.78, 5) is 24.1. The Morgan fingerprint density at radius 1 is 1.50 bits per heavy atom. The zero-order valence-electron chi connectivity index (χ0n) is 10.8. The molecule has 4 N–H and O–H groups in total. The molecular weight excluding hydrogens is 284 g/mol. The van der Waals surface area contributed by atoms with Gasteiger partial charge in [0.25, 0.3) is 11.6 Å². The summed E-state index contributed by atoms with van der Waals surface area (Å²) in [6.07, 6.45) is 0.858. The molecule has 1 atom stereocenters. The molecule has 0 saturated carbocycles. The molecule has 7 nitrogen and oxygen atoms in total. The zero-order valence-corrected chi connectivity index (χ0v) is 11.6. The molecule has 0 aliphatic carbocycles. The highest BCUT2D eigenvalue weighted by atomic mass is 35.5. The lowest BCUT2D eigenvalue weighted by atomic mass is 10.1. The van der Waals surface area contributed by atoms with E-state index < -0.39 is 4.92 Å². The molecule has 8 heteroatoms. The first kappa shape index (κ1) is 16.2. The van der Waals surface area contributed by atoms with E-state index in [1.807, 2.05) is 0 Å². The molecule has 1 aromatic rings. The Labute approximate surface area is 122 Å². The van der Waals surface area contributed by atoms with Crippen molar-refractivity contribution in [3.05, 3.63) is 33.9 Å². The molecule has 0 radical (unpaired) electrons. The summed E-state index contributed by atoms with van der Waals surface area (Å²) in [5.74, 6) is 0.0287. The predicted octanol–water partition coefficient (Wildman–Crippen LogP) is 1.02. The highest BCUT2D eigenvalue weighted by Gasteiger charge is 2.27. The van der Waals surface area contributed by atoms with Gasteiger partial charge in [-0.2, -0.15) is 0 Å². The number of nitro benzene ring substituents is 1. The molecule has 1 amide bonds. The summed E-state index contributed by atoms with van der Waals surface area (Å²) in [6.45, 7) is 1.73. The largest absolute Gasteiger partial charge is 0.398 e. The Kier molecular flexibility index (Phi) is 5.29. The average molecular weight is 301 g/mol. The Morgan fingerprint density at radius 3 is 2.75 bits per heavy atom. The van der Waals surface area contributed by atoms with Crippen LogP contribution in [0.2, 0.25) is 0 Å². The van der Waals surface area contributed by atoms with Crippen molar-refractivity contribution >= 4 is 29.7 Å². The summed E-state index contributed by atoms with van der Waals surface area (Å²) in [7, 11) is 0. The van der Waals surface area contributed by atoms with Crippen LogP contribution in [0.4, 0.5) is 11.4 Å². The van der Waals surface area contributed by atoms with E-state index in [0.717, 1.165) is 6.42 Å². The molecular formula is C12H17ClN4O3. The van der Waals surface area contributed by atoms with Gasteiger partial charge >= 0.3 is 0 Å². The molecule has 1 saturated heterocycles. The van der Waals surface area contributed by atoms with Crippen molar-refractivity contribution < 1.29 is 9.72 Å². The lowest BCUT2D eigenvalue weighted by molar-refractivity contribution is -0.384. The SMILES string of the molecule is Cl.NCC1CCN(C(=O)c2cc([N+](=O)[O-])ccc2N)C1. The van der Waals surface area contributed by atoms with Gasteiger partial charge in [0.1, 0.15) is 0 Å². The quantitative estimate of drug-likeness (QED) is 0.491. The summed E-state index contributed by atoms with van der Waals surface area (Å²) in [5, 5.41) is 10.7. The smallest absolute Gasteiger partial charge is 0.270 e. The standard InChI is InChI=1S/C12H16N4O3.ClH/c13-6-8-3-4-15(7-8)12(17)10-5-9(16(18)19)1-2-11(10)14;/h1-2,5,8H,3-4,6-7,13-14H2;1H. The van der Waals surface area contributed by atoms with Gasteiger partial charge in [-0.3, -0.25) is 14.9 Å². The maximum Gasteiger partial charge on any atom is 0.270 e. The van der Waals surface area contributed by atoms with E-state index >= 15 is 0 Å². The second kappa shape index (κ2) is 6.53. The maximum atomic E-state index is 12.3. The number of benzene rings is 1. The van der Waals surface area contributed by atoms with Crippen LogP contribution in [-0.2, 0) is 0 Å². The summed E-state index contributed by atoms with van der Waals surface area (Å²) >= 11 is 0. The van der Waals surface area contributed by atoms with E-state index in [0.29, 0.717) is 25.6 Å². The number of nitrogens with zero attached hydrogens (tertiary/aromatic N) is 2. The Morgan fingerprint density at radius 2 is 2.20 bits per heavy atom. The van der Waals surface area contributed by atoms with Crippen LogP contribution in [0.1, 0.15) is 16.8 Å². The highest BCUT2D eigenvalue weighted by molar-refractivity contribution is 5.99. The number of non-ortho nitro benzene ring substituents is 1.